The van der Waals surface area contributed by atoms with Crippen LogP contribution in [0, 0.1) is 0 Å². The highest BCUT2D eigenvalue weighted by Gasteiger charge is 2.20. The Morgan fingerprint density at radius 1 is 1.29 bits per heavy atom. The Morgan fingerprint density at radius 3 is 2.62 bits per heavy atom. The van der Waals surface area contributed by atoms with E-state index in [2.05, 4.69) is 65.5 Å². The number of thiophene rings is 1. The molecular weight excluding hydrogens is 280 g/mol. The molecule has 1 atom stereocenters. The zero-order chi connectivity index (χ0) is 15.4. The van der Waals surface area contributed by atoms with E-state index in [-0.39, 0.29) is 0 Å². The van der Waals surface area contributed by atoms with Crippen molar-refractivity contribution in [3.05, 3.63) is 34.3 Å². The van der Waals surface area contributed by atoms with Crippen LogP contribution in [0.5, 0.6) is 0 Å². The molecule has 0 saturated carbocycles. The van der Waals surface area contributed by atoms with Crippen LogP contribution < -0.4 is 10.2 Å². The van der Waals surface area contributed by atoms with E-state index in [9.17, 15) is 0 Å². The topological polar surface area (TPSA) is 41.1 Å². The van der Waals surface area contributed by atoms with Gasteiger partial charge >= 0.3 is 0 Å². The Morgan fingerprint density at radius 2 is 2.05 bits per heavy atom. The number of nitrogens with zero attached hydrogens (tertiary/aromatic N) is 3. The molecule has 114 valence electrons. The van der Waals surface area contributed by atoms with E-state index in [1.165, 1.54) is 10.4 Å². The molecule has 1 unspecified atom stereocenters. The molecule has 0 aliphatic heterocycles. The summed E-state index contributed by atoms with van der Waals surface area (Å²) in [7, 11) is 4.03. The van der Waals surface area contributed by atoms with Gasteiger partial charge in [-0.15, -0.1) is 11.3 Å². The van der Waals surface area contributed by atoms with Gasteiger partial charge < -0.3 is 10.2 Å². The van der Waals surface area contributed by atoms with Gasteiger partial charge in [-0.25, -0.2) is 9.97 Å². The third-order valence-electron chi connectivity index (χ3n) is 3.75. The summed E-state index contributed by atoms with van der Waals surface area (Å²) in [6.45, 7) is 6.60. The maximum Gasteiger partial charge on any atom is 0.137 e. The Bertz CT molecular complexity index is 566. The molecule has 0 radical (unpaired) electrons. The van der Waals surface area contributed by atoms with E-state index in [1.54, 1.807) is 6.33 Å². The smallest absolute Gasteiger partial charge is 0.137 e. The van der Waals surface area contributed by atoms with Gasteiger partial charge in [0, 0.05) is 37.0 Å². The predicted molar refractivity (Wildman–Crippen MR) is 91.6 cm³/mol. The molecule has 1 N–H and O–H groups in total. The molecule has 0 amide bonds. The van der Waals surface area contributed by atoms with Crippen molar-refractivity contribution in [3.63, 3.8) is 0 Å². The first kappa shape index (κ1) is 15.8. The molecule has 2 rings (SSSR count). The van der Waals surface area contributed by atoms with Crippen LogP contribution in [-0.2, 0) is 6.42 Å². The molecule has 4 nitrogen and oxygen atoms in total. The summed E-state index contributed by atoms with van der Waals surface area (Å²) >= 11 is 1.81. The molecule has 2 aromatic heterocycles. The molecule has 0 aliphatic carbocycles. The van der Waals surface area contributed by atoms with Crippen LogP contribution in [0.3, 0.4) is 0 Å². The first-order valence-electron chi connectivity index (χ1n) is 7.32. The Kier molecular flexibility index (Phi) is 5.17. The molecule has 0 aliphatic rings. The van der Waals surface area contributed by atoms with Gasteiger partial charge in [0.1, 0.15) is 18.0 Å². The quantitative estimate of drug-likeness (QED) is 0.882. The molecule has 2 heterocycles. The number of nitrogens with one attached hydrogen (secondary N) is 1. The first-order chi connectivity index (χ1) is 10.0. The largest absolute Gasteiger partial charge is 0.373 e. The van der Waals surface area contributed by atoms with E-state index < -0.39 is 0 Å². The first-order valence-corrected chi connectivity index (χ1v) is 8.20. The minimum absolute atomic E-state index is 0.375. The van der Waals surface area contributed by atoms with Gasteiger partial charge in [-0.3, -0.25) is 0 Å². The molecule has 0 spiro atoms. The minimum atomic E-state index is 0.375. The lowest BCUT2D eigenvalue weighted by Gasteiger charge is -2.29. The van der Waals surface area contributed by atoms with E-state index in [0.717, 1.165) is 18.1 Å². The molecular formula is C16H24N4S. The van der Waals surface area contributed by atoms with Crippen molar-refractivity contribution in [2.45, 2.75) is 39.2 Å². The van der Waals surface area contributed by atoms with Gasteiger partial charge in [-0.05, 0) is 24.3 Å². The highest BCUT2D eigenvalue weighted by molar-refractivity contribution is 7.09. The highest BCUT2D eigenvalue weighted by Crippen LogP contribution is 2.31. The van der Waals surface area contributed by atoms with Crippen LogP contribution >= 0.6 is 11.3 Å². The van der Waals surface area contributed by atoms with Crippen molar-refractivity contribution in [2.24, 2.45) is 0 Å². The van der Waals surface area contributed by atoms with Crippen molar-refractivity contribution in [2.75, 3.05) is 24.3 Å². The second-order valence-corrected chi connectivity index (χ2v) is 6.64. The van der Waals surface area contributed by atoms with E-state index in [0.29, 0.717) is 12.0 Å². The number of aromatic nitrogens is 2. The summed E-state index contributed by atoms with van der Waals surface area (Å²) in [5, 5.41) is 5.31. The number of rotatable bonds is 6. The third kappa shape index (κ3) is 3.53. The number of hydrogen-bond acceptors (Lipinski definition) is 5. The second-order valence-electron chi connectivity index (χ2n) is 5.61. The number of anilines is 2. The fourth-order valence-electron chi connectivity index (χ4n) is 2.46. The average Bonchev–Trinajstić information content (AvgIpc) is 2.98. The summed E-state index contributed by atoms with van der Waals surface area (Å²) in [5.74, 6) is 2.32. The lowest BCUT2D eigenvalue weighted by Crippen LogP contribution is -2.32. The minimum Gasteiger partial charge on any atom is -0.373 e. The molecule has 21 heavy (non-hydrogen) atoms. The standard InChI is InChI=1S/C16H24N4S/c1-11(2)14-15(17-4)18-10-19-16(14)20(5)12(3)9-13-7-6-8-21-13/h6-8,10-12H,9H2,1-5H3,(H,17,18,19). The van der Waals surface area contributed by atoms with Gasteiger partial charge in [-0.2, -0.15) is 0 Å². The van der Waals surface area contributed by atoms with Crippen molar-refractivity contribution in [1.29, 1.82) is 0 Å². The summed E-state index contributed by atoms with van der Waals surface area (Å²) in [6.07, 6.45) is 2.67. The van der Waals surface area contributed by atoms with Crippen LogP contribution in [0.2, 0.25) is 0 Å². The maximum absolute atomic E-state index is 4.54. The van der Waals surface area contributed by atoms with Gasteiger partial charge in [-0.1, -0.05) is 19.9 Å². The van der Waals surface area contributed by atoms with Crippen LogP contribution in [-0.4, -0.2) is 30.1 Å². The van der Waals surface area contributed by atoms with Crippen LogP contribution in [0.4, 0.5) is 11.6 Å². The van der Waals surface area contributed by atoms with E-state index in [1.807, 2.05) is 18.4 Å². The molecule has 0 aromatic carbocycles. The summed E-state index contributed by atoms with van der Waals surface area (Å²) in [4.78, 5) is 12.6. The monoisotopic (exact) mass is 304 g/mol. The second kappa shape index (κ2) is 6.89. The zero-order valence-corrected chi connectivity index (χ0v) is 14.2. The van der Waals surface area contributed by atoms with Crippen LogP contribution in [0.25, 0.3) is 0 Å². The van der Waals surface area contributed by atoms with Gasteiger partial charge in [0.25, 0.3) is 0 Å². The van der Waals surface area contributed by atoms with Gasteiger partial charge in [0.15, 0.2) is 0 Å². The molecule has 5 heteroatoms. The Balaban J connectivity index is 2.27. The Hall–Kier alpha value is -1.62. The van der Waals surface area contributed by atoms with Crippen molar-refractivity contribution < 1.29 is 0 Å². The summed E-state index contributed by atoms with van der Waals surface area (Å²) in [6, 6.07) is 4.69. The van der Waals surface area contributed by atoms with Gasteiger partial charge in [0.05, 0.1) is 0 Å². The van der Waals surface area contributed by atoms with E-state index >= 15 is 0 Å². The number of hydrogen-bond donors (Lipinski definition) is 1. The highest BCUT2D eigenvalue weighted by atomic mass is 32.1. The fourth-order valence-corrected chi connectivity index (χ4v) is 3.29. The van der Waals surface area contributed by atoms with E-state index in [4.69, 9.17) is 0 Å². The fraction of sp³-hybridized carbons (Fsp3) is 0.500. The lowest BCUT2D eigenvalue weighted by molar-refractivity contribution is 0.670. The summed E-state index contributed by atoms with van der Waals surface area (Å²) in [5.41, 5.74) is 1.18. The normalized spacial score (nSPS) is 12.5. The average molecular weight is 304 g/mol. The van der Waals surface area contributed by atoms with Crippen molar-refractivity contribution in [3.8, 4) is 0 Å². The SMILES string of the molecule is CNc1ncnc(N(C)C(C)Cc2cccs2)c1C(C)C. The zero-order valence-electron chi connectivity index (χ0n) is 13.4. The summed E-state index contributed by atoms with van der Waals surface area (Å²) < 4.78 is 0. The van der Waals surface area contributed by atoms with Crippen LogP contribution in [0.15, 0.2) is 23.8 Å². The number of likely N-dealkylation sites (N-methyl/N-ethyl adjacent to an activating group) is 1. The predicted octanol–water partition coefficient (Wildman–Crippen LogP) is 3.77. The molecule has 0 bridgehead atoms. The Labute approximate surface area is 131 Å². The van der Waals surface area contributed by atoms with Crippen LogP contribution in [0.1, 0.15) is 37.1 Å². The van der Waals surface area contributed by atoms with Crippen molar-refractivity contribution in [1.82, 2.24) is 9.97 Å². The molecule has 0 fully saturated rings. The molecule has 2 aromatic rings. The van der Waals surface area contributed by atoms with Gasteiger partial charge in [0.2, 0.25) is 0 Å². The van der Waals surface area contributed by atoms with Crippen molar-refractivity contribution >= 4 is 23.0 Å². The maximum atomic E-state index is 4.54. The lowest BCUT2D eigenvalue weighted by atomic mass is 10.0. The molecule has 0 saturated heterocycles. The third-order valence-corrected chi connectivity index (χ3v) is 4.65.